The van der Waals surface area contributed by atoms with Gasteiger partial charge in [-0.2, -0.15) is 8.42 Å². The molecule has 0 heterocycles. The maximum atomic E-state index is 12.1. The number of unbranched alkanes of at least 4 members (excludes halogenated alkanes) is 1. The Morgan fingerprint density at radius 1 is 1.11 bits per heavy atom. The Hall–Kier alpha value is -0.130. The van der Waals surface area contributed by atoms with Crippen LogP contribution < -0.4 is 0 Å². The van der Waals surface area contributed by atoms with Gasteiger partial charge in [-0.1, -0.05) is 49.7 Å². The molecular formula is C14H18CaO3S. The van der Waals surface area contributed by atoms with Gasteiger partial charge in [0.25, 0.3) is 10.1 Å². The van der Waals surface area contributed by atoms with Gasteiger partial charge in [-0.25, -0.2) is 0 Å². The molecule has 0 saturated heterocycles. The van der Waals surface area contributed by atoms with E-state index in [-0.39, 0.29) is 52.1 Å². The number of hydrogen-bond donors (Lipinski definition) is 0. The third kappa shape index (κ3) is 4.17. The van der Waals surface area contributed by atoms with Crippen LogP contribution >= 0.6 is 0 Å². The van der Waals surface area contributed by atoms with Crippen molar-refractivity contribution >= 4 is 58.6 Å². The molecule has 0 fully saturated rings. The van der Waals surface area contributed by atoms with Crippen molar-refractivity contribution in [3.05, 3.63) is 42.5 Å². The molecule has 0 radical (unpaired) electrons. The Bertz CT molecular complexity index is 642. The summed E-state index contributed by atoms with van der Waals surface area (Å²) in [5, 5.41) is 1.61. The first kappa shape index (κ1) is 16.9. The summed E-state index contributed by atoms with van der Waals surface area (Å²) < 4.78 is 29.2. The minimum absolute atomic E-state index is 0. The molecule has 0 aromatic heterocycles. The van der Waals surface area contributed by atoms with E-state index in [4.69, 9.17) is 4.18 Å². The molecule has 19 heavy (non-hydrogen) atoms. The van der Waals surface area contributed by atoms with E-state index < -0.39 is 10.1 Å². The SMILES string of the molecule is CCCCOS(=O)(=O)c1cccc2ccccc12.[Ca+2].[H-].[H-]. The minimum Gasteiger partial charge on any atom is -1.00 e. The van der Waals surface area contributed by atoms with E-state index in [1.807, 2.05) is 31.2 Å². The third-order valence-corrected chi connectivity index (χ3v) is 4.13. The van der Waals surface area contributed by atoms with Gasteiger partial charge < -0.3 is 2.85 Å². The van der Waals surface area contributed by atoms with Gasteiger partial charge in [-0.3, -0.25) is 4.18 Å². The van der Waals surface area contributed by atoms with E-state index in [9.17, 15) is 8.42 Å². The first-order chi connectivity index (χ1) is 8.65. The van der Waals surface area contributed by atoms with Crippen molar-refractivity contribution in [1.82, 2.24) is 0 Å². The first-order valence-electron chi connectivity index (χ1n) is 6.02. The molecule has 0 amide bonds. The van der Waals surface area contributed by atoms with Gasteiger partial charge in [0.2, 0.25) is 0 Å². The summed E-state index contributed by atoms with van der Waals surface area (Å²) in [6, 6.07) is 12.6. The van der Waals surface area contributed by atoms with Crippen molar-refractivity contribution in [2.24, 2.45) is 0 Å². The molecule has 0 bridgehead atoms. The van der Waals surface area contributed by atoms with E-state index in [0.717, 1.165) is 18.2 Å². The summed E-state index contributed by atoms with van der Waals surface area (Å²) in [7, 11) is -3.66. The number of fused-ring (bicyclic) bond motifs is 1. The summed E-state index contributed by atoms with van der Waals surface area (Å²) in [5.74, 6) is 0. The Morgan fingerprint density at radius 3 is 2.53 bits per heavy atom. The zero-order chi connectivity index (χ0) is 13.0. The smallest absolute Gasteiger partial charge is 1.00 e. The predicted octanol–water partition coefficient (Wildman–Crippen LogP) is 3.19. The standard InChI is InChI=1S/C14H16O3S.Ca.2H/c1-2-3-11-17-18(15,16)14-10-6-8-12-7-4-5-9-13(12)14;;;/h4-10H,2-3,11H2,1H3;;;/q;+2;2*-1. The normalized spacial score (nSPS) is 11.2. The maximum Gasteiger partial charge on any atom is 2.00 e. The van der Waals surface area contributed by atoms with E-state index in [1.165, 1.54) is 0 Å². The molecule has 5 heteroatoms. The summed E-state index contributed by atoms with van der Waals surface area (Å²) in [5.41, 5.74) is 0. The fourth-order valence-corrected chi connectivity index (χ4v) is 2.95. The Labute approximate surface area is 147 Å². The van der Waals surface area contributed by atoms with E-state index >= 15 is 0 Å². The van der Waals surface area contributed by atoms with Gasteiger partial charge in [-0.15, -0.1) is 0 Å². The van der Waals surface area contributed by atoms with Crippen LogP contribution in [-0.2, 0) is 14.3 Å². The average molecular weight is 306 g/mol. The average Bonchev–Trinajstić information content (AvgIpc) is 2.38. The fraction of sp³-hybridized carbons (Fsp3) is 0.286. The van der Waals surface area contributed by atoms with Crippen LogP contribution in [0.1, 0.15) is 22.6 Å². The van der Waals surface area contributed by atoms with Crippen LogP contribution in [0.3, 0.4) is 0 Å². The molecule has 0 spiro atoms. The van der Waals surface area contributed by atoms with E-state index in [1.54, 1.807) is 18.2 Å². The molecule has 3 nitrogen and oxygen atoms in total. The first-order valence-corrected chi connectivity index (χ1v) is 7.43. The quantitative estimate of drug-likeness (QED) is 0.484. The molecule has 0 aliphatic carbocycles. The Kier molecular flexibility index (Phi) is 6.77. The number of rotatable bonds is 5. The Morgan fingerprint density at radius 2 is 1.79 bits per heavy atom. The van der Waals surface area contributed by atoms with Gasteiger partial charge in [0.05, 0.1) is 6.61 Å². The summed E-state index contributed by atoms with van der Waals surface area (Å²) in [6.07, 6.45) is 1.65. The second kappa shape index (κ2) is 7.60. The van der Waals surface area contributed by atoms with Gasteiger partial charge >= 0.3 is 37.7 Å². The predicted molar refractivity (Wildman–Crippen MR) is 80.0 cm³/mol. The van der Waals surface area contributed by atoms with Crippen LogP contribution in [-0.4, -0.2) is 52.8 Å². The van der Waals surface area contributed by atoms with Crippen molar-refractivity contribution < 1.29 is 15.5 Å². The van der Waals surface area contributed by atoms with Crippen LogP contribution in [0.2, 0.25) is 0 Å². The van der Waals surface area contributed by atoms with Crippen molar-refractivity contribution in [3.63, 3.8) is 0 Å². The summed E-state index contributed by atoms with van der Waals surface area (Å²) in [6.45, 7) is 2.23. The van der Waals surface area contributed by atoms with E-state index in [2.05, 4.69) is 0 Å². The Balaban J connectivity index is 0. The van der Waals surface area contributed by atoms with Gasteiger partial charge in [0.15, 0.2) is 0 Å². The van der Waals surface area contributed by atoms with Crippen molar-refractivity contribution in [2.45, 2.75) is 24.7 Å². The third-order valence-electron chi connectivity index (χ3n) is 2.76. The zero-order valence-electron chi connectivity index (χ0n) is 13.0. The molecule has 0 atom stereocenters. The topological polar surface area (TPSA) is 43.4 Å². The molecule has 0 saturated carbocycles. The molecule has 2 aromatic carbocycles. The molecule has 2 aromatic rings. The molecule has 0 unspecified atom stereocenters. The molecule has 0 aliphatic rings. The van der Waals surface area contributed by atoms with Crippen LogP contribution in [0.4, 0.5) is 0 Å². The summed E-state index contributed by atoms with van der Waals surface area (Å²) in [4.78, 5) is 0.247. The van der Waals surface area contributed by atoms with Crippen LogP contribution in [0.5, 0.6) is 0 Å². The van der Waals surface area contributed by atoms with Crippen molar-refractivity contribution in [3.8, 4) is 0 Å². The van der Waals surface area contributed by atoms with Crippen LogP contribution in [0, 0.1) is 0 Å². The molecule has 100 valence electrons. The number of benzene rings is 2. The minimum atomic E-state index is -3.66. The van der Waals surface area contributed by atoms with E-state index in [0.29, 0.717) is 5.39 Å². The monoisotopic (exact) mass is 306 g/mol. The van der Waals surface area contributed by atoms with Crippen molar-refractivity contribution in [1.29, 1.82) is 0 Å². The van der Waals surface area contributed by atoms with Gasteiger partial charge in [0.1, 0.15) is 4.90 Å². The van der Waals surface area contributed by atoms with Crippen molar-refractivity contribution in [2.75, 3.05) is 6.61 Å². The number of hydrogen-bond acceptors (Lipinski definition) is 3. The second-order valence-electron chi connectivity index (χ2n) is 4.11. The molecule has 0 N–H and O–H groups in total. The molecule has 2 rings (SSSR count). The molecule has 0 aliphatic heterocycles. The zero-order valence-corrected chi connectivity index (χ0v) is 14.0. The largest absolute Gasteiger partial charge is 2.00 e. The maximum absolute atomic E-state index is 12.1. The van der Waals surface area contributed by atoms with Crippen LogP contribution in [0.15, 0.2) is 47.4 Å². The van der Waals surface area contributed by atoms with Gasteiger partial charge in [-0.05, 0) is 17.9 Å². The van der Waals surface area contributed by atoms with Crippen LogP contribution in [0.25, 0.3) is 10.8 Å². The fourth-order valence-electron chi connectivity index (χ4n) is 1.79. The second-order valence-corrected chi connectivity index (χ2v) is 5.69. The van der Waals surface area contributed by atoms with Gasteiger partial charge in [0, 0.05) is 5.39 Å². The summed E-state index contributed by atoms with van der Waals surface area (Å²) >= 11 is 0. The molecular weight excluding hydrogens is 288 g/mol.